The molecule has 0 bridgehead atoms. The average molecular weight is 250 g/mol. The fourth-order valence-corrected chi connectivity index (χ4v) is 1.65. The summed E-state index contributed by atoms with van der Waals surface area (Å²) in [6.45, 7) is 9.58. The van der Waals surface area contributed by atoms with Crippen LogP contribution < -0.4 is 15.4 Å². The van der Waals surface area contributed by atoms with Crippen molar-refractivity contribution >= 4 is 0 Å². The van der Waals surface area contributed by atoms with Gasteiger partial charge in [0.1, 0.15) is 5.75 Å². The molecule has 0 radical (unpaired) electrons. The predicted octanol–water partition coefficient (Wildman–Crippen LogP) is 2.56. The molecule has 0 saturated carbocycles. The summed E-state index contributed by atoms with van der Waals surface area (Å²) in [6.07, 6.45) is 1.15. The Morgan fingerprint density at radius 1 is 1.06 bits per heavy atom. The minimum absolute atomic E-state index is 0.218. The molecule has 0 aliphatic heterocycles. The summed E-state index contributed by atoms with van der Waals surface area (Å²) in [7, 11) is 1.69. The van der Waals surface area contributed by atoms with Crippen LogP contribution in [-0.4, -0.2) is 25.7 Å². The van der Waals surface area contributed by atoms with Crippen molar-refractivity contribution in [3.63, 3.8) is 0 Å². The third-order valence-corrected chi connectivity index (χ3v) is 2.67. The van der Waals surface area contributed by atoms with Crippen LogP contribution in [0.1, 0.15) is 32.8 Å². The van der Waals surface area contributed by atoms with E-state index in [0.29, 0.717) is 0 Å². The van der Waals surface area contributed by atoms with Crippen molar-refractivity contribution in [1.29, 1.82) is 0 Å². The zero-order valence-corrected chi connectivity index (χ0v) is 12.0. The Bertz CT molecular complexity index is 327. The van der Waals surface area contributed by atoms with Gasteiger partial charge in [-0.25, -0.2) is 0 Å². The molecular weight excluding hydrogens is 224 g/mol. The third-order valence-electron chi connectivity index (χ3n) is 2.67. The number of nitrogens with one attached hydrogen (secondary N) is 2. The lowest BCUT2D eigenvalue weighted by molar-refractivity contribution is 0.414. The molecule has 0 aromatic heterocycles. The molecule has 0 fully saturated rings. The molecule has 0 atom stereocenters. The summed E-state index contributed by atoms with van der Waals surface area (Å²) in [5.74, 6) is 0.910. The van der Waals surface area contributed by atoms with E-state index in [9.17, 15) is 0 Å². The molecule has 1 aromatic carbocycles. The van der Waals surface area contributed by atoms with E-state index in [4.69, 9.17) is 4.74 Å². The van der Waals surface area contributed by atoms with Gasteiger partial charge < -0.3 is 15.4 Å². The highest BCUT2D eigenvalue weighted by molar-refractivity contribution is 5.26. The summed E-state index contributed by atoms with van der Waals surface area (Å²) in [5.41, 5.74) is 1.51. The standard InChI is InChI=1S/C15H26N2O/c1-15(2,3)17-11-5-10-16-12-13-6-8-14(18-4)9-7-13/h6-9,16-17H,5,10-12H2,1-4H3. The van der Waals surface area contributed by atoms with Gasteiger partial charge in [-0.1, -0.05) is 12.1 Å². The molecule has 0 amide bonds. The molecule has 18 heavy (non-hydrogen) atoms. The summed E-state index contributed by atoms with van der Waals surface area (Å²) in [4.78, 5) is 0. The molecule has 0 saturated heterocycles. The zero-order chi connectivity index (χ0) is 13.4. The predicted molar refractivity (Wildman–Crippen MR) is 77.1 cm³/mol. The topological polar surface area (TPSA) is 33.3 Å². The maximum atomic E-state index is 5.13. The first-order chi connectivity index (χ1) is 8.51. The maximum absolute atomic E-state index is 5.13. The van der Waals surface area contributed by atoms with Crippen molar-refractivity contribution in [3.8, 4) is 5.75 Å². The highest BCUT2D eigenvalue weighted by Crippen LogP contribution is 2.10. The molecule has 2 N–H and O–H groups in total. The Labute approximate surface area is 111 Å². The molecule has 3 heteroatoms. The lowest BCUT2D eigenvalue weighted by Gasteiger charge is -2.20. The second-order valence-electron chi connectivity index (χ2n) is 5.56. The number of rotatable bonds is 7. The van der Waals surface area contributed by atoms with Crippen molar-refractivity contribution in [3.05, 3.63) is 29.8 Å². The second-order valence-corrected chi connectivity index (χ2v) is 5.56. The van der Waals surface area contributed by atoms with Gasteiger partial charge in [-0.15, -0.1) is 0 Å². The highest BCUT2D eigenvalue weighted by Gasteiger charge is 2.06. The Morgan fingerprint density at radius 3 is 2.28 bits per heavy atom. The Kier molecular flexibility index (Phi) is 6.16. The summed E-state index contributed by atoms with van der Waals surface area (Å²) in [6, 6.07) is 8.19. The normalized spacial score (nSPS) is 11.6. The van der Waals surface area contributed by atoms with Crippen LogP contribution in [-0.2, 0) is 6.54 Å². The van der Waals surface area contributed by atoms with Crippen LogP contribution >= 0.6 is 0 Å². The van der Waals surface area contributed by atoms with E-state index in [1.165, 1.54) is 5.56 Å². The van der Waals surface area contributed by atoms with E-state index in [2.05, 4.69) is 43.5 Å². The first-order valence-electron chi connectivity index (χ1n) is 6.60. The van der Waals surface area contributed by atoms with E-state index in [-0.39, 0.29) is 5.54 Å². The van der Waals surface area contributed by atoms with Crippen LogP contribution in [0.25, 0.3) is 0 Å². The van der Waals surface area contributed by atoms with Gasteiger partial charge in [0, 0.05) is 12.1 Å². The van der Waals surface area contributed by atoms with Gasteiger partial charge in [0.05, 0.1) is 7.11 Å². The van der Waals surface area contributed by atoms with E-state index < -0.39 is 0 Å². The molecule has 0 heterocycles. The van der Waals surface area contributed by atoms with Crippen LogP contribution in [0.2, 0.25) is 0 Å². The lowest BCUT2D eigenvalue weighted by atomic mass is 10.1. The molecule has 1 aromatic rings. The van der Waals surface area contributed by atoms with Gasteiger partial charge in [-0.2, -0.15) is 0 Å². The van der Waals surface area contributed by atoms with Crippen LogP contribution in [0.3, 0.4) is 0 Å². The van der Waals surface area contributed by atoms with Gasteiger partial charge in [-0.3, -0.25) is 0 Å². The minimum Gasteiger partial charge on any atom is -0.497 e. The number of ether oxygens (including phenoxy) is 1. The molecule has 0 aliphatic rings. The van der Waals surface area contributed by atoms with E-state index in [1.54, 1.807) is 7.11 Å². The largest absolute Gasteiger partial charge is 0.497 e. The summed E-state index contributed by atoms with van der Waals surface area (Å²) >= 11 is 0. The SMILES string of the molecule is COc1ccc(CNCCCNC(C)(C)C)cc1. The number of methoxy groups -OCH3 is 1. The summed E-state index contributed by atoms with van der Waals surface area (Å²) < 4.78 is 5.13. The lowest BCUT2D eigenvalue weighted by Crippen LogP contribution is -2.37. The average Bonchev–Trinajstić information content (AvgIpc) is 2.33. The fourth-order valence-electron chi connectivity index (χ4n) is 1.65. The maximum Gasteiger partial charge on any atom is 0.118 e. The van der Waals surface area contributed by atoms with Gasteiger partial charge in [0.25, 0.3) is 0 Å². The van der Waals surface area contributed by atoms with Crippen molar-refractivity contribution in [2.24, 2.45) is 0 Å². The molecule has 0 spiro atoms. The van der Waals surface area contributed by atoms with Crippen LogP contribution in [0, 0.1) is 0 Å². The molecular formula is C15H26N2O. The van der Waals surface area contributed by atoms with Crippen LogP contribution in [0.5, 0.6) is 5.75 Å². The van der Waals surface area contributed by atoms with Gasteiger partial charge in [0.2, 0.25) is 0 Å². The zero-order valence-electron chi connectivity index (χ0n) is 12.0. The quantitative estimate of drug-likeness (QED) is 0.730. The van der Waals surface area contributed by atoms with Crippen LogP contribution in [0.4, 0.5) is 0 Å². The Balaban J connectivity index is 2.10. The third kappa shape index (κ3) is 6.62. The van der Waals surface area contributed by atoms with Gasteiger partial charge >= 0.3 is 0 Å². The smallest absolute Gasteiger partial charge is 0.118 e. The van der Waals surface area contributed by atoms with E-state index >= 15 is 0 Å². The van der Waals surface area contributed by atoms with Gasteiger partial charge in [-0.05, 0) is 58.0 Å². The number of hydrogen-bond acceptors (Lipinski definition) is 3. The number of benzene rings is 1. The van der Waals surface area contributed by atoms with Crippen molar-refractivity contribution < 1.29 is 4.74 Å². The van der Waals surface area contributed by atoms with Crippen LogP contribution in [0.15, 0.2) is 24.3 Å². The second kappa shape index (κ2) is 7.39. The highest BCUT2D eigenvalue weighted by atomic mass is 16.5. The molecule has 0 unspecified atom stereocenters. The molecule has 102 valence electrons. The minimum atomic E-state index is 0.218. The van der Waals surface area contributed by atoms with Crippen molar-refractivity contribution in [1.82, 2.24) is 10.6 Å². The fraction of sp³-hybridized carbons (Fsp3) is 0.600. The molecule has 1 rings (SSSR count). The van der Waals surface area contributed by atoms with Gasteiger partial charge in [0.15, 0.2) is 0 Å². The Hall–Kier alpha value is -1.06. The number of hydrogen-bond donors (Lipinski definition) is 2. The molecule has 3 nitrogen and oxygen atoms in total. The van der Waals surface area contributed by atoms with E-state index in [1.807, 2.05) is 12.1 Å². The summed E-state index contributed by atoms with van der Waals surface area (Å²) in [5, 5.41) is 6.92. The van der Waals surface area contributed by atoms with E-state index in [0.717, 1.165) is 31.8 Å². The Morgan fingerprint density at radius 2 is 1.72 bits per heavy atom. The van der Waals surface area contributed by atoms with Crippen molar-refractivity contribution in [2.45, 2.75) is 39.3 Å². The monoisotopic (exact) mass is 250 g/mol. The van der Waals surface area contributed by atoms with Crippen molar-refractivity contribution in [2.75, 3.05) is 20.2 Å². The first-order valence-corrected chi connectivity index (χ1v) is 6.60. The molecule has 0 aliphatic carbocycles. The first kappa shape index (κ1) is 15.0.